The molecule has 7 heteroatoms. The van der Waals surface area contributed by atoms with Crippen molar-refractivity contribution >= 4 is 28.7 Å². The second-order valence-corrected chi connectivity index (χ2v) is 5.85. The standard InChI is InChI=1S/C19H13N5O2/c1-10-14(7-12-4-3-5-13(6-12)24(25)26)17-11(2)16(9-21)19(22)23-18(17)15(10)8-20/h3-7H,1-2H3,(H2,22,23). The Morgan fingerprint density at radius 3 is 2.62 bits per heavy atom. The number of non-ortho nitro benzene ring substituents is 1. The van der Waals surface area contributed by atoms with Crippen LogP contribution in [0.15, 0.2) is 29.8 Å². The number of nitro groups is 1. The first kappa shape index (κ1) is 16.9. The molecule has 0 amide bonds. The van der Waals surface area contributed by atoms with E-state index in [0.717, 1.165) is 0 Å². The van der Waals surface area contributed by atoms with Crippen molar-refractivity contribution in [3.63, 3.8) is 0 Å². The molecular formula is C19H13N5O2. The van der Waals surface area contributed by atoms with Gasteiger partial charge in [0.15, 0.2) is 0 Å². The average Bonchev–Trinajstić information content (AvgIpc) is 2.86. The number of hydrogen-bond donors (Lipinski definition) is 1. The quantitative estimate of drug-likeness (QED) is 0.655. The van der Waals surface area contributed by atoms with Gasteiger partial charge in [0.2, 0.25) is 0 Å². The fourth-order valence-electron chi connectivity index (χ4n) is 3.09. The number of pyridine rings is 1. The minimum absolute atomic E-state index is 0.0235. The summed E-state index contributed by atoms with van der Waals surface area (Å²) in [6, 6.07) is 10.4. The predicted octanol–water partition coefficient (Wildman–Crippen LogP) is 3.60. The molecule has 0 aliphatic heterocycles. The number of fused-ring (bicyclic) bond motifs is 1. The lowest BCUT2D eigenvalue weighted by atomic mass is 9.95. The maximum absolute atomic E-state index is 11.0. The van der Waals surface area contributed by atoms with Crippen LogP contribution in [0.3, 0.4) is 0 Å². The Hall–Kier alpha value is -3.97. The molecule has 3 rings (SSSR count). The number of hydrogen-bond acceptors (Lipinski definition) is 6. The third kappa shape index (κ3) is 2.48. The summed E-state index contributed by atoms with van der Waals surface area (Å²) in [5.41, 5.74) is 10.2. The van der Waals surface area contributed by atoms with Gasteiger partial charge in [-0.25, -0.2) is 4.98 Å². The van der Waals surface area contributed by atoms with Gasteiger partial charge < -0.3 is 5.73 Å². The van der Waals surface area contributed by atoms with Gasteiger partial charge in [-0.3, -0.25) is 10.1 Å². The number of nitrogens with zero attached hydrogens (tertiary/aromatic N) is 4. The minimum atomic E-state index is -0.463. The number of aromatic nitrogens is 1. The van der Waals surface area contributed by atoms with Crippen LogP contribution in [-0.4, -0.2) is 9.91 Å². The van der Waals surface area contributed by atoms with Gasteiger partial charge in [-0.15, -0.1) is 0 Å². The summed E-state index contributed by atoms with van der Waals surface area (Å²) < 4.78 is 0. The van der Waals surface area contributed by atoms with E-state index in [-0.39, 0.29) is 17.1 Å². The summed E-state index contributed by atoms with van der Waals surface area (Å²) >= 11 is 0. The number of nitro benzene ring substituents is 1. The Labute approximate surface area is 149 Å². The molecule has 1 heterocycles. The highest BCUT2D eigenvalue weighted by molar-refractivity contribution is 6.08. The number of anilines is 1. The number of rotatable bonds is 2. The van der Waals surface area contributed by atoms with E-state index in [9.17, 15) is 20.6 Å². The lowest BCUT2D eigenvalue weighted by Gasteiger charge is -2.10. The van der Waals surface area contributed by atoms with Gasteiger partial charge in [-0.2, -0.15) is 10.5 Å². The Bertz CT molecular complexity index is 1110. The van der Waals surface area contributed by atoms with Crippen molar-refractivity contribution in [2.24, 2.45) is 0 Å². The lowest BCUT2D eigenvalue weighted by Crippen LogP contribution is -2.03. The van der Waals surface area contributed by atoms with Gasteiger partial charge in [0.1, 0.15) is 18.0 Å². The molecule has 0 atom stereocenters. The van der Waals surface area contributed by atoms with E-state index < -0.39 is 4.92 Å². The number of nitrogens with two attached hydrogens (primary N) is 1. The molecule has 0 bridgehead atoms. The van der Waals surface area contributed by atoms with Crippen LogP contribution >= 0.6 is 0 Å². The molecule has 2 N–H and O–H groups in total. The van der Waals surface area contributed by atoms with E-state index in [1.807, 2.05) is 6.07 Å². The molecule has 1 aromatic heterocycles. The topological polar surface area (TPSA) is 130 Å². The Morgan fingerprint density at radius 2 is 2.00 bits per heavy atom. The van der Waals surface area contributed by atoms with Crippen LogP contribution in [-0.2, 0) is 0 Å². The third-order valence-electron chi connectivity index (χ3n) is 4.38. The van der Waals surface area contributed by atoms with Crippen molar-refractivity contribution in [2.75, 3.05) is 5.73 Å². The van der Waals surface area contributed by atoms with Crippen molar-refractivity contribution in [3.05, 3.63) is 67.9 Å². The van der Waals surface area contributed by atoms with E-state index in [1.165, 1.54) is 12.1 Å². The van der Waals surface area contributed by atoms with Gasteiger partial charge >= 0.3 is 0 Å². The number of nitriles is 2. The number of benzene rings is 1. The SMILES string of the molecule is CC1=C(C#N)c2nc(N)c(C#N)c(C)c2C1=Cc1cccc([N+](=O)[O-])c1. The molecule has 0 radical (unpaired) electrons. The summed E-state index contributed by atoms with van der Waals surface area (Å²) in [6.07, 6.45) is 1.76. The molecule has 0 fully saturated rings. The van der Waals surface area contributed by atoms with Crippen LogP contribution in [0.5, 0.6) is 0 Å². The van der Waals surface area contributed by atoms with Crippen LogP contribution < -0.4 is 5.73 Å². The molecule has 0 saturated heterocycles. The first-order chi connectivity index (χ1) is 12.4. The van der Waals surface area contributed by atoms with Crippen LogP contribution in [0.2, 0.25) is 0 Å². The van der Waals surface area contributed by atoms with Gasteiger partial charge in [-0.05, 0) is 42.2 Å². The lowest BCUT2D eigenvalue weighted by molar-refractivity contribution is -0.384. The summed E-state index contributed by atoms with van der Waals surface area (Å²) in [5.74, 6) is 0.0842. The van der Waals surface area contributed by atoms with Gasteiger partial charge in [-0.1, -0.05) is 12.1 Å². The predicted molar refractivity (Wildman–Crippen MR) is 97.3 cm³/mol. The number of nitrogen functional groups attached to an aromatic ring is 1. The molecule has 2 aromatic rings. The first-order valence-corrected chi connectivity index (χ1v) is 7.67. The van der Waals surface area contributed by atoms with Crippen LogP contribution in [0, 0.1) is 39.7 Å². The zero-order valence-electron chi connectivity index (χ0n) is 14.1. The molecule has 126 valence electrons. The van der Waals surface area contributed by atoms with Gasteiger partial charge in [0.25, 0.3) is 5.69 Å². The molecule has 1 aliphatic rings. The highest BCUT2D eigenvalue weighted by Crippen LogP contribution is 2.44. The monoisotopic (exact) mass is 343 g/mol. The van der Waals surface area contributed by atoms with Crippen molar-refractivity contribution in [1.29, 1.82) is 10.5 Å². The van der Waals surface area contributed by atoms with Crippen molar-refractivity contribution in [2.45, 2.75) is 13.8 Å². The van der Waals surface area contributed by atoms with Crippen molar-refractivity contribution in [1.82, 2.24) is 4.98 Å². The maximum atomic E-state index is 11.0. The normalized spacial score (nSPS) is 14.1. The van der Waals surface area contributed by atoms with E-state index >= 15 is 0 Å². The second-order valence-electron chi connectivity index (χ2n) is 5.85. The highest BCUT2D eigenvalue weighted by atomic mass is 16.6. The largest absolute Gasteiger partial charge is 0.383 e. The fourth-order valence-corrected chi connectivity index (χ4v) is 3.09. The van der Waals surface area contributed by atoms with Crippen LogP contribution in [0.25, 0.3) is 17.2 Å². The van der Waals surface area contributed by atoms with Gasteiger partial charge in [0, 0.05) is 17.7 Å². The Morgan fingerprint density at radius 1 is 1.27 bits per heavy atom. The molecule has 1 aliphatic carbocycles. The molecule has 0 saturated carbocycles. The van der Waals surface area contributed by atoms with Crippen LogP contribution in [0.4, 0.5) is 11.5 Å². The average molecular weight is 343 g/mol. The zero-order chi connectivity index (χ0) is 19.0. The maximum Gasteiger partial charge on any atom is 0.270 e. The van der Waals surface area contributed by atoms with Crippen molar-refractivity contribution in [3.8, 4) is 12.1 Å². The second kappa shape index (κ2) is 6.15. The molecule has 0 spiro atoms. The summed E-state index contributed by atoms with van der Waals surface area (Å²) in [5, 5.41) is 29.9. The highest BCUT2D eigenvalue weighted by Gasteiger charge is 2.29. The van der Waals surface area contributed by atoms with E-state index in [2.05, 4.69) is 11.1 Å². The fraction of sp³-hybridized carbons (Fsp3) is 0.105. The summed E-state index contributed by atoms with van der Waals surface area (Å²) in [6.45, 7) is 3.54. The molecular weight excluding hydrogens is 330 g/mol. The summed E-state index contributed by atoms with van der Waals surface area (Å²) in [4.78, 5) is 14.8. The Balaban J connectivity index is 2.30. The summed E-state index contributed by atoms with van der Waals surface area (Å²) in [7, 11) is 0. The molecule has 7 nitrogen and oxygen atoms in total. The van der Waals surface area contributed by atoms with Crippen molar-refractivity contribution < 1.29 is 4.92 Å². The van der Waals surface area contributed by atoms with E-state index in [0.29, 0.717) is 39.1 Å². The Kier molecular flexibility index (Phi) is 3.99. The zero-order valence-corrected chi connectivity index (χ0v) is 14.1. The molecule has 1 aromatic carbocycles. The smallest absolute Gasteiger partial charge is 0.270 e. The number of allylic oxidation sites excluding steroid dienone is 3. The van der Waals surface area contributed by atoms with Gasteiger partial charge in [0.05, 0.1) is 21.8 Å². The molecule has 0 unspecified atom stereocenters. The van der Waals surface area contributed by atoms with Crippen LogP contribution in [0.1, 0.15) is 34.9 Å². The molecule has 26 heavy (non-hydrogen) atoms. The van der Waals surface area contributed by atoms with E-state index in [4.69, 9.17) is 5.73 Å². The van der Waals surface area contributed by atoms with E-state index in [1.54, 1.807) is 32.1 Å². The minimum Gasteiger partial charge on any atom is -0.383 e. The third-order valence-corrected chi connectivity index (χ3v) is 4.38. The first-order valence-electron chi connectivity index (χ1n) is 7.67.